The van der Waals surface area contributed by atoms with Crippen LogP contribution in [0.5, 0.6) is 0 Å². The number of carbonyl (C=O) groups excluding carboxylic acids is 1. The molecular weight excluding hydrogens is 613 g/mol. The number of carbonyl (C=O) groups is 1. The van der Waals surface area contributed by atoms with Crippen LogP contribution in [-0.2, 0) is 32.6 Å². The van der Waals surface area contributed by atoms with Gasteiger partial charge in [0, 0.05) is 34.3 Å². The number of amides is 1. The van der Waals surface area contributed by atoms with Crippen molar-refractivity contribution in [1.82, 2.24) is 28.6 Å². The molecule has 1 aliphatic heterocycles. The van der Waals surface area contributed by atoms with Gasteiger partial charge < -0.3 is 9.47 Å². The Morgan fingerprint density at radius 3 is 2.64 bits per heavy atom. The first-order valence-corrected chi connectivity index (χ1v) is 14.4. The summed E-state index contributed by atoms with van der Waals surface area (Å²) in [4.78, 5) is 33.8. The number of alkyl halides is 3. The van der Waals surface area contributed by atoms with Crippen LogP contribution in [0, 0.1) is 5.92 Å². The van der Waals surface area contributed by atoms with Gasteiger partial charge in [-0.15, -0.1) is 0 Å². The number of rotatable bonds is 4. The summed E-state index contributed by atoms with van der Waals surface area (Å²) in [6, 6.07) is 8.73. The summed E-state index contributed by atoms with van der Waals surface area (Å²) >= 11 is 2.94. The van der Waals surface area contributed by atoms with E-state index >= 15 is 0 Å². The minimum Gasteiger partial charge on any atom is -0.334 e. The molecule has 12 heteroatoms. The maximum atomic E-state index is 14.3. The van der Waals surface area contributed by atoms with Crippen LogP contribution < -0.4 is 5.56 Å². The summed E-state index contributed by atoms with van der Waals surface area (Å²) in [5.74, 6) is -0.257. The van der Waals surface area contributed by atoms with Gasteiger partial charge >= 0.3 is 6.18 Å². The third kappa shape index (κ3) is 4.61. The molecule has 2 aromatic carbocycles. The molecule has 3 aromatic heterocycles. The monoisotopic (exact) mass is 640 g/mol. The van der Waals surface area contributed by atoms with Gasteiger partial charge in [-0.2, -0.15) is 18.3 Å². The summed E-state index contributed by atoms with van der Waals surface area (Å²) in [5.41, 5.74) is 3.70. The third-order valence-electron chi connectivity index (χ3n) is 7.82. The first-order valence-electron chi connectivity index (χ1n) is 13.6. The fourth-order valence-corrected chi connectivity index (χ4v) is 6.26. The Morgan fingerprint density at radius 1 is 1.17 bits per heavy atom. The van der Waals surface area contributed by atoms with Gasteiger partial charge in [0.15, 0.2) is 0 Å². The topological polar surface area (TPSA) is 77.4 Å². The summed E-state index contributed by atoms with van der Waals surface area (Å²) in [5, 5.41) is 4.67. The van der Waals surface area contributed by atoms with Gasteiger partial charge in [0.2, 0.25) is 0 Å². The van der Waals surface area contributed by atoms with Crippen LogP contribution in [0.4, 0.5) is 13.2 Å². The molecule has 0 aliphatic carbocycles. The minimum absolute atomic E-state index is 0.0292. The molecule has 5 aromatic rings. The number of aryl methyl sites for hydroxylation is 1. The normalized spacial score (nSPS) is 15.6. The largest absolute Gasteiger partial charge is 0.417 e. The zero-order valence-electron chi connectivity index (χ0n) is 23.4. The molecule has 1 atom stereocenters. The minimum atomic E-state index is -4.62. The Bertz CT molecular complexity index is 1940. The van der Waals surface area contributed by atoms with E-state index in [1.165, 1.54) is 17.0 Å². The standard InChI is InChI=1S/C30H28BrF3N6O2/c1-16(2)9-19-13-36-40-26-14-38(28(41)18-5-7-23(31)22(11-18)30(32,33)34)17(3)10-21(26)29(42)39(27(19)40)20-6-8-25-24(12-20)35-15-37(25)4/h5-8,11-13,15-17H,9-10,14H2,1-4H3/t17-/m0/s1. The maximum Gasteiger partial charge on any atom is 0.417 e. The Labute approximate surface area is 247 Å². The summed E-state index contributed by atoms with van der Waals surface area (Å²) in [7, 11) is 1.91. The molecule has 0 spiro atoms. The molecule has 0 bridgehead atoms. The van der Waals surface area contributed by atoms with Crippen molar-refractivity contribution in [3.63, 3.8) is 0 Å². The van der Waals surface area contributed by atoms with Crippen molar-refractivity contribution in [1.29, 1.82) is 0 Å². The van der Waals surface area contributed by atoms with Crippen LogP contribution in [0.25, 0.3) is 22.4 Å². The molecule has 4 heterocycles. The second-order valence-corrected chi connectivity index (χ2v) is 12.1. The second kappa shape index (κ2) is 10.1. The van der Waals surface area contributed by atoms with E-state index in [0.29, 0.717) is 29.0 Å². The number of aromatic nitrogens is 5. The highest BCUT2D eigenvalue weighted by molar-refractivity contribution is 9.10. The molecular formula is C30H28BrF3N6O2. The predicted molar refractivity (Wildman–Crippen MR) is 156 cm³/mol. The number of imidazole rings is 1. The van der Waals surface area contributed by atoms with E-state index in [0.717, 1.165) is 22.7 Å². The van der Waals surface area contributed by atoms with Crippen molar-refractivity contribution in [3.8, 4) is 5.69 Å². The SMILES string of the molecule is CC(C)Cc1cnn2c3c(c(=O)n(-c4ccc5c(c4)ncn5C)c12)C[C@H](C)N(C(=O)c1ccc(Br)c(C(F)(F)F)c1)C3. The zero-order valence-corrected chi connectivity index (χ0v) is 25.0. The van der Waals surface area contributed by atoms with Gasteiger partial charge in [0.1, 0.15) is 5.65 Å². The predicted octanol–water partition coefficient (Wildman–Crippen LogP) is 5.94. The van der Waals surface area contributed by atoms with Crippen molar-refractivity contribution in [2.24, 2.45) is 13.0 Å². The quantitative estimate of drug-likeness (QED) is 0.244. The van der Waals surface area contributed by atoms with Crippen LogP contribution >= 0.6 is 15.9 Å². The molecule has 6 rings (SSSR count). The highest BCUT2D eigenvalue weighted by Gasteiger charge is 2.36. The number of nitrogens with zero attached hydrogens (tertiary/aromatic N) is 6. The molecule has 0 saturated heterocycles. The van der Waals surface area contributed by atoms with E-state index in [2.05, 4.69) is 39.9 Å². The van der Waals surface area contributed by atoms with E-state index < -0.39 is 23.7 Å². The summed E-state index contributed by atoms with van der Waals surface area (Å²) in [6.45, 7) is 5.99. The molecule has 0 unspecified atom stereocenters. The fourth-order valence-electron chi connectivity index (χ4n) is 5.78. The van der Waals surface area contributed by atoms with Gasteiger partial charge in [-0.05, 0) is 62.1 Å². The molecule has 218 valence electrons. The highest BCUT2D eigenvalue weighted by Crippen LogP contribution is 2.36. The Hall–Kier alpha value is -3.93. The average Bonchev–Trinajstić information content (AvgIpc) is 3.50. The molecule has 1 aliphatic rings. The van der Waals surface area contributed by atoms with Crippen LogP contribution in [0.3, 0.4) is 0 Å². The first-order chi connectivity index (χ1) is 19.8. The van der Waals surface area contributed by atoms with E-state index in [1.54, 1.807) is 28.5 Å². The number of fused-ring (bicyclic) bond motifs is 4. The van der Waals surface area contributed by atoms with Crippen LogP contribution in [0.15, 0.2) is 58.2 Å². The smallest absolute Gasteiger partial charge is 0.334 e. The maximum absolute atomic E-state index is 14.3. The van der Waals surface area contributed by atoms with Crippen molar-refractivity contribution in [3.05, 3.63) is 91.7 Å². The lowest BCUT2D eigenvalue weighted by atomic mass is 9.97. The van der Waals surface area contributed by atoms with Crippen LogP contribution in [0.1, 0.15) is 53.5 Å². The second-order valence-electron chi connectivity index (χ2n) is 11.3. The highest BCUT2D eigenvalue weighted by atomic mass is 79.9. The summed E-state index contributed by atoms with van der Waals surface area (Å²) in [6.07, 6.45) is -0.249. The van der Waals surface area contributed by atoms with E-state index in [1.807, 2.05) is 29.8 Å². The lowest BCUT2D eigenvalue weighted by molar-refractivity contribution is -0.138. The number of benzene rings is 2. The first kappa shape index (κ1) is 28.2. The van der Waals surface area contributed by atoms with Gasteiger partial charge in [-0.1, -0.05) is 29.8 Å². The Kier molecular flexibility index (Phi) is 6.79. The number of halogens is 4. The van der Waals surface area contributed by atoms with Crippen LogP contribution in [-0.4, -0.2) is 40.6 Å². The Morgan fingerprint density at radius 2 is 1.93 bits per heavy atom. The molecule has 8 nitrogen and oxygen atoms in total. The van der Waals surface area contributed by atoms with Gasteiger partial charge in [-0.25, -0.2) is 9.50 Å². The van der Waals surface area contributed by atoms with E-state index in [9.17, 15) is 22.8 Å². The molecule has 0 radical (unpaired) electrons. The number of hydrogen-bond donors (Lipinski definition) is 0. The van der Waals surface area contributed by atoms with Crippen molar-refractivity contribution in [2.45, 2.75) is 52.4 Å². The van der Waals surface area contributed by atoms with Crippen molar-refractivity contribution < 1.29 is 18.0 Å². The van der Waals surface area contributed by atoms with Crippen molar-refractivity contribution in [2.75, 3.05) is 0 Å². The third-order valence-corrected chi connectivity index (χ3v) is 8.51. The lowest BCUT2D eigenvalue weighted by Crippen LogP contribution is -2.46. The van der Waals surface area contributed by atoms with E-state index in [-0.39, 0.29) is 34.5 Å². The van der Waals surface area contributed by atoms with Crippen molar-refractivity contribution >= 4 is 38.5 Å². The summed E-state index contributed by atoms with van der Waals surface area (Å²) < 4.78 is 45.9. The molecule has 42 heavy (non-hydrogen) atoms. The fraction of sp³-hybridized carbons (Fsp3) is 0.333. The molecule has 0 saturated carbocycles. The van der Waals surface area contributed by atoms with Gasteiger partial charge in [0.25, 0.3) is 11.5 Å². The zero-order chi connectivity index (χ0) is 30.1. The van der Waals surface area contributed by atoms with Gasteiger partial charge in [-0.3, -0.25) is 14.2 Å². The van der Waals surface area contributed by atoms with E-state index in [4.69, 9.17) is 0 Å². The average molecular weight is 641 g/mol. The lowest BCUT2D eigenvalue weighted by Gasteiger charge is -2.35. The molecule has 1 amide bonds. The Balaban J connectivity index is 1.50. The molecule has 0 N–H and O–H groups in total. The molecule has 0 fully saturated rings. The number of hydrogen-bond acceptors (Lipinski definition) is 4. The van der Waals surface area contributed by atoms with Crippen LogP contribution in [0.2, 0.25) is 0 Å². The van der Waals surface area contributed by atoms with Gasteiger partial charge in [0.05, 0.1) is 47.0 Å².